The fourth-order valence-corrected chi connectivity index (χ4v) is 3.71. The summed E-state index contributed by atoms with van der Waals surface area (Å²) < 4.78 is 11.4. The molecule has 0 bridgehead atoms. The minimum Gasteiger partial charge on any atom is -0.490 e. The molecule has 0 atom stereocenters. The monoisotopic (exact) mass is 517 g/mol. The summed E-state index contributed by atoms with van der Waals surface area (Å²) in [5.74, 6) is -0.974. The lowest BCUT2D eigenvalue weighted by molar-refractivity contribution is -0.122. The van der Waals surface area contributed by atoms with Crippen molar-refractivity contribution in [2.75, 3.05) is 18.1 Å². The average Bonchev–Trinajstić information content (AvgIpc) is 2.73. The van der Waals surface area contributed by atoms with Crippen LogP contribution < -0.4 is 19.7 Å². The lowest BCUT2D eigenvalue weighted by Gasteiger charge is -2.26. The number of anilines is 1. The molecule has 164 valence electrons. The van der Waals surface area contributed by atoms with Gasteiger partial charge in [0.2, 0.25) is 0 Å². The number of imide groups is 2. The zero-order valence-electron chi connectivity index (χ0n) is 17.1. The molecule has 0 aliphatic carbocycles. The molecule has 32 heavy (non-hydrogen) atoms. The van der Waals surface area contributed by atoms with Crippen LogP contribution in [0.15, 0.2) is 40.4 Å². The third-order valence-corrected chi connectivity index (χ3v) is 5.44. The second kappa shape index (κ2) is 9.85. The van der Waals surface area contributed by atoms with Gasteiger partial charge in [0.25, 0.3) is 11.8 Å². The van der Waals surface area contributed by atoms with Crippen LogP contribution in [0.25, 0.3) is 6.08 Å². The maximum atomic E-state index is 13.1. The van der Waals surface area contributed by atoms with Gasteiger partial charge in [0.1, 0.15) is 11.6 Å². The molecule has 0 radical (unpaired) electrons. The lowest BCUT2D eigenvalue weighted by Crippen LogP contribution is -2.54. The Hall–Kier alpha value is -3.35. The molecule has 1 fully saturated rings. The van der Waals surface area contributed by atoms with Crippen molar-refractivity contribution in [3.05, 3.63) is 56.5 Å². The van der Waals surface area contributed by atoms with Crippen LogP contribution in [0.1, 0.15) is 18.1 Å². The van der Waals surface area contributed by atoms with Crippen LogP contribution in [-0.4, -0.2) is 31.1 Å². The second-order valence-corrected chi connectivity index (χ2v) is 7.86. The van der Waals surface area contributed by atoms with Gasteiger partial charge in [-0.25, -0.2) is 9.69 Å². The predicted molar refractivity (Wildman–Crippen MR) is 122 cm³/mol. The molecule has 1 aliphatic heterocycles. The largest absolute Gasteiger partial charge is 0.490 e. The number of hydrogen-bond donors (Lipinski definition) is 1. The van der Waals surface area contributed by atoms with Gasteiger partial charge in [-0.2, -0.15) is 5.26 Å². The summed E-state index contributed by atoms with van der Waals surface area (Å²) in [6.45, 7) is 3.71. The van der Waals surface area contributed by atoms with E-state index in [9.17, 15) is 14.4 Å². The van der Waals surface area contributed by atoms with E-state index in [4.69, 9.17) is 26.3 Å². The number of nitrogens with one attached hydrogen (secondary N) is 1. The van der Waals surface area contributed by atoms with Gasteiger partial charge in [0.15, 0.2) is 18.1 Å². The summed E-state index contributed by atoms with van der Waals surface area (Å²) >= 11 is 9.49. The number of aryl methyl sites for hydroxylation is 1. The molecule has 3 rings (SSSR count). The first-order valence-electron chi connectivity index (χ1n) is 9.40. The molecule has 0 saturated carbocycles. The van der Waals surface area contributed by atoms with E-state index in [0.717, 1.165) is 10.5 Å². The number of urea groups is 1. The molecular weight excluding hydrogens is 502 g/mol. The highest BCUT2D eigenvalue weighted by atomic mass is 79.9. The van der Waals surface area contributed by atoms with E-state index in [1.807, 2.05) is 6.07 Å². The van der Waals surface area contributed by atoms with Gasteiger partial charge in [0.05, 0.1) is 16.8 Å². The minimum absolute atomic E-state index is 0.184. The van der Waals surface area contributed by atoms with Crippen LogP contribution in [0, 0.1) is 18.3 Å². The zero-order chi connectivity index (χ0) is 23.4. The van der Waals surface area contributed by atoms with Gasteiger partial charge in [-0.1, -0.05) is 17.7 Å². The molecule has 1 aliphatic rings. The van der Waals surface area contributed by atoms with Crippen LogP contribution >= 0.6 is 27.5 Å². The number of ether oxygens (including phenoxy) is 2. The molecule has 1 saturated heterocycles. The van der Waals surface area contributed by atoms with Gasteiger partial charge >= 0.3 is 6.03 Å². The highest BCUT2D eigenvalue weighted by molar-refractivity contribution is 9.10. The van der Waals surface area contributed by atoms with Crippen LogP contribution in [0.3, 0.4) is 0 Å². The lowest BCUT2D eigenvalue weighted by atomic mass is 10.1. The highest BCUT2D eigenvalue weighted by Crippen LogP contribution is 2.38. The smallest absolute Gasteiger partial charge is 0.335 e. The fourth-order valence-electron chi connectivity index (χ4n) is 2.96. The molecule has 0 unspecified atom stereocenters. The number of hydrogen-bond acceptors (Lipinski definition) is 6. The van der Waals surface area contributed by atoms with E-state index in [2.05, 4.69) is 21.2 Å². The van der Waals surface area contributed by atoms with Gasteiger partial charge in [-0.05, 0) is 71.2 Å². The number of halogens is 2. The Morgan fingerprint density at radius 3 is 2.62 bits per heavy atom. The summed E-state index contributed by atoms with van der Waals surface area (Å²) in [4.78, 5) is 38.8. The molecule has 2 aromatic carbocycles. The maximum absolute atomic E-state index is 13.1. The van der Waals surface area contributed by atoms with Crippen molar-refractivity contribution in [1.29, 1.82) is 5.26 Å². The molecule has 2 aromatic rings. The summed E-state index contributed by atoms with van der Waals surface area (Å²) in [6, 6.07) is 8.90. The van der Waals surface area contributed by atoms with Crippen LogP contribution in [-0.2, 0) is 9.59 Å². The van der Waals surface area contributed by atoms with Crippen molar-refractivity contribution in [2.24, 2.45) is 0 Å². The molecule has 1 N–H and O–H groups in total. The van der Waals surface area contributed by atoms with Crippen LogP contribution in [0.5, 0.6) is 11.5 Å². The number of carbonyl (C=O) groups is 3. The molecule has 10 heteroatoms. The maximum Gasteiger partial charge on any atom is 0.335 e. The van der Waals surface area contributed by atoms with E-state index in [1.165, 1.54) is 12.1 Å². The van der Waals surface area contributed by atoms with E-state index in [0.29, 0.717) is 33.2 Å². The zero-order valence-corrected chi connectivity index (χ0v) is 19.4. The number of benzene rings is 2. The van der Waals surface area contributed by atoms with E-state index < -0.39 is 17.8 Å². The van der Waals surface area contributed by atoms with Crippen molar-refractivity contribution in [3.63, 3.8) is 0 Å². The normalized spacial score (nSPS) is 14.9. The number of carbonyl (C=O) groups excluding carboxylic acids is 3. The van der Waals surface area contributed by atoms with Crippen LogP contribution in [0.2, 0.25) is 5.02 Å². The van der Waals surface area contributed by atoms with E-state index in [1.54, 1.807) is 38.1 Å². The van der Waals surface area contributed by atoms with Crippen molar-refractivity contribution in [2.45, 2.75) is 13.8 Å². The topological polar surface area (TPSA) is 109 Å². The summed E-state index contributed by atoms with van der Waals surface area (Å²) in [6.07, 6.45) is 1.34. The number of barbiturate groups is 1. The standard InChI is InChI=1S/C22H17BrClN3O5/c1-3-31-18-10-13(9-16(23)19(18)32-7-6-25)8-15-20(28)26-22(30)27(21(15)29)14-5-4-12(2)17(24)11-14/h4-5,8-11H,3,7H2,1-2H3,(H,26,28,30)/b15-8-. The molecular formula is C22H17BrClN3O5. The molecule has 0 aromatic heterocycles. The SMILES string of the molecule is CCOc1cc(/C=C2/C(=O)NC(=O)N(c3ccc(C)c(Cl)c3)C2=O)cc(Br)c1OCC#N. The summed E-state index contributed by atoms with van der Waals surface area (Å²) in [5.41, 5.74) is 1.21. The Morgan fingerprint density at radius 2 is 1.97 bits per heavy atom. The number of amides is 4. The highest BCUT2D eigenvalue weighted by Gasteiger charge is 2.37. The predicted octanol–water partition coefficient (Wildman–Crippen LogP) is 4.38. The Bertz CT molecular complexity index is 1190. The summed E-state index contributed by atoms with van der Waals surface area (Å²) in [5, 5.41) is 11.3. The van der Waals surface area contributed by atoms with Gasteiger partial charge in [0, 0.05) is 5.02 Å². The first-order chi connectivity index (χ1) is 15.3. The number of rotatable bonds is 6. The van der Waals surface area contributed by atoms with Gasteiger partial charge < -0.3 is 9.47 Å². The third-order valence-electron chi connectivity index (χ3n) is 4.44. The van der Waals surface area contributed by atoms with Crippen molar-refractivity contribution < 1.29 is 23.9 Å². The second-order valence-electron chi connectivity index (χ2n) is 6.60. The molecule has 8 nitrogen and oxygen atoms in total. The first-order valence-corrected chi connectivity index (χ1v) is 10.6. The van der Waals surface area contributed by atoms with Gasteiger partial charge in [-0.3, -0.25) is 14.9 Å². The number of nitriles is 1. The molecule has 4 amide bonds. The first kappa shape index (κ1) is 23.3. The van der Waals surface area contributed by atoms with Crippen molar-refractivity contribution in [1.82, 2.24) is 5.32 Å². The quantitative estimate of drug-likeness (QED) is 0.449. The molecule has 0 spiro atoms. The average molecular weight is 519 g/mol. The van der Waals surface area contributed by atoms with Crippen molar-refractivity contribution in [3.8, 4) is 17.6 Å². The minimum atomic E-state index is -0.867. The summed E-state index contributed by atoms with van der Waals surface area (Å²) in [7, 11) is 0. The van der Waals surface area contributed by atoms with Crippen LogP contribution in [0.4, 0.5) is 10.5 Å². The Morgan fingerprint density at radius 1 is 1.22 bits per heavy atom. The fraction of sp³-hybridized carbons (Fsp3) is 0.182. The molecule has 1 heterocycles. The van der Waals surface area contributed by atoms with E-state index in [-0.39, 0.29) is 17.9 Å². The number of nitrogens with zero attached hydrogens (tertiary/aromatic N) is 2. The Balaban J connectivity index is 2.03. The van der Waals surface area contributed by atoms with Crippen molar-refractivity contribution >= 4 is 57.1 Å². The van der Waals surface area contributed by atoms with Gasteiger partial charge in [-0.15, -0.1) is 0 Å². The Kier molecular flexibility index (Phi) is 7.18. The van der Waals surface area contributed by atoms with E-state index >= 15 is 0 Å². The Labute approximate surface area is 197 Å². The third kappa shape index (κ3) is 4.77.